The lowest BCUT2D eigenvalue weighted by molar-refractivity contribution is -0.0247. The molecule has 6 N–H and O–H groups in total. The Labute approximate surface area is 131 Å². The molecule has 22 heavy (non-hydrogen) atoms. The standard InChI is InChI=1S/C8H20O4Si.C3H6N6/c1-5-9-13(10-6-2,11-7-3)12-8-4;4-1-7-2(5)9-3(6)8-1/h5-8H2,1-4H3;(H6,4,5,6,7,8,9). The van der Waals surface area contributed by atoms with Crippen LogP contribution in [0, 0.1) is 0 Å². The quantitative estimate of drug-likeness (QED) is 0.561. The van der Waals surface area contributed by atoms with Crippen molar-refractivity contribution < 1.29 is 17.7 Å². The Morgan fingerprint density at radius 1 is 0.636 bits per heavy atom. The number of nitrogens with zero attached hydrogens (tertiary/aromatic N) is 3. The SMILES string of the molecule is CCO[Si](OCC)(OCC)OCC.Nc1nc(N)nc(N)n1. The molecule has 128 valence electrons. The maximum atomic E-state index is 5.42. The van der Waals surface area contributed by atoms with Crippen molar-refractivity contribution in [2.45, 2.75) is 27.7 Å². The van der Waals surface area contributed by atoms with Crippen LogP contribution >= 0.6 is 0 Å². The number of hydrogen-bond acceptors (Lipinski definition) is 10. The van der Waals surface area contributed by atoms with Gasteiger partial charge in [0.1, 0.15) is 0 Å². The number of aromatic nitrogens is 3. The van der Waals surface area contributed by atoms with Gasteiger partial charge < -0.3 is 34.9 Å². The van der Waals surface area contributed by atoms with Gasteiger partial charge in [0.2, 0.25) is 17.8 Å². The summed E-state index contributed by atoms with van der Waals surface area (Å²) in [7, 11) is -2.80. The Morgan fingerprint density at radius 2 is 0.864 bits per heavy atom. The number of hydrogen-bond donors (Lipinski definition) is 3. The van der Waals surface area contributed by atoms with Crippen molar-refractivity contribution in [1.29, 1.82) is 0 Å². The van der Waals surface area contributed by atoms with Crippen LogP contribution in [0.4, 0.5) is 17.8 Å². The molecular formula is C11H26N6O4Si. The average Bonchev–Trinajstić information content (AvgIpc) is 2.39. The Bertz CT molecular complexity index is 346. The fourth-order valence-electron chi connectivity index (χ4n) is 1.38. The first-order chi connectivity index (χ1) is 10.4. The van der Waals surface area contributed by atoms with E-state index in [4.69, 9.17) is 34.9 Å². The van der Waals surface area contributed by atoms with E-state index in [9.17, 15) is 0 Å². The van der Waals surface area contributed by atoms with Crippen molar-refractivity contribution in [3.05, 3.63) is 0 Å². The molecule has 0 atom stereocenters. The van der Waals surface area contributed by atoms with Gasteiger partial charge >= 0.3 is 9.05 Å². The number of anilines is 3. The van der Waals surface area contributed by atoms with E-state index in [0.717, 1.165) is 0 Å². The van der Waals surface area contributed by atoms with Crippen molar-refractivity contribution in [2.75, 3.05) is 43.6 Å². The normalized spacial score (nSPS) is 10.9. The second kappa shape index (κ2) is 11.1. The van der Waals surface area contributed by atoms with E-state index in [0.29, 0.717) is 26.4 Å². The van der Waals surface area contributed by atoms with E-state index >= 15 is 0 Å². The zero-order chi connectivity index (χ0) is 17.0. The molecule has 0 aliphatic rings. The highest BCUT2D eigenvalue weighted by atomic mass is 28.4. The van der Waals surface area contributed by atoms with E-state index in [1.54, 1.807) is 0 Å². The molecule has 1 aromatic heterocycles. The highest BCUT2D eigenvalue weighted by Crippen LogP contribution is 2.11. The number of nitrogens with two attached hydrogens (primary N) is 3. The van der Waals surface area contributed by atoms with Gasteiger partial charge in [0.05, 0.1) is 0 Å². The summed E-state index contributed by atoms with van der Waals surface area (Å²) >= 11 is 0. The lowest BCUT2D eigenvalue weighted by Crippen LogP contribution is -2.49. The van der Waals surface area contributed by atoms with E-state index in [1.165, 1.54) is 0 Å². The minimum absolute atomic E-state index is 0.0417. The van der Waals surface area contributed by atoms with Crippen molar-refractivity contribution in [3.63, 3.8) is 0 Å². The third kappa shape index (κ3) is 8.04. The zero-order valence-corrected chi connectivity index (χ0v) is 14.5. The zero-order valence-electron chi connectivity index (χ0n) is 13.5. The first-order valence-electron chi connectivity index (χ1n) is 7.01. The predicted molar refractivity (Wildman–Crippen MR) is 85.3 cm³/mol. The molecule has 1 aromatic rings. The fourth-order valence-corrected chi connectivity index (χ4v) is 3.30. The summed E-state index contributed by atoms with van der Waals surface area (Å²) in [6.07, 6.45) is 0. The van der Waals surface area contributed by atoms with Crippen LogP contribution in [0.5, 0.6) is 0 Å². The van der Waals surface area contributed by atoms with E-state index in [1.807, 2.05) is 27.7 Å². The molecule has 0 saturated carbocycles. The van der Waals surface area contributed by atoms with Crippen LogP contribution in [0.15, 0.2) is 0 Å². The molecule has 0 radical (unpaired) electrons. The molecule has 11 heteroatoms. The first kappa shape index (κ1) is 20.5. The van der Waals surface area contributed by atoms with E-state index < -0.39 is 9.05 Å². The topological polar surface area (TPSA) is 154 Å². The summed E-state index contributed by atoms with van der Waals surface area (Å²) in [4.78, 5) is 10.5. The van der Waals surface area contributed by atoms with Gasteiger partial charge in [0.15, 0.2) is 0 Å². The van der Waals surface area contributed by atoms with Crippen molar-refractivity contribution in [3.8, 4) is 0 Å². The smallest absolute Gasteiger partial charge is 0.368 e. The Kier molecular flexibility index (Phi) is 10.3. The van der Waals surface area contributed by atoms with Crippen molar-refractivity contribution in [2.24, 2.45) is 0 Å². The largest absolute Gasteiger partial charge is 0.679 e. The molecule has 0 amide bonds. The molecule has 0 saturated heterocycles. The minimum atomic E-state index is -2.80. The second-order valence-electron chi connectivity index (χ2n) is 3.64. The van der Waals surface area contributed by atoms with Gasteiger partial charge in [-0.1, -0.05) is 0 Å². The Morgan fingerprint density at radius 3 is 1.05 bits per heavy atom. The molecule has 0 unspecified atom stereocenters. The molecule has 0 aromatic carbocycles. The monoisotopic (exact) mass is 334 g/mol. The van der Waals surface area contributed by atoms with Crippen molar-refractivity contribution in [1.82, 2.24) is 15.0 Å². The van der Waals surface area contributed by atoms with Gasteiger partial charge in [-0.05, 0) is 27.7 Å². The minimum Gasteiger partial charge on any atom is -0.368 e. The molecule has 1 heterocycles. The molecular weight excluding hydrogens is 308 g/mol. The van der Waals surface area contributed by atoms with Gasteiger partial charge in [-0.3, -0.25) is 0 Å². The van der Waals surface area contributed by atoms with E-state index in [-0.39, 0.29) is 17.8 Å². The molecule has 1 rings (SSSR count). The average molecular weight is 334 g/mol. The Balaban J connectivity index is 0.000000425. The molecule has 10 nitrogen and oxygen atoms in total. The van der Waals surface area contributed by atoms with Gasteiger partial charge in [0, 0.05) is 26.4 Å². The summed E-state index contributed by atoms with van der Waals surface area (Å²) in [5.41, 5.74) is 15.4. The predicted octanol–water partition coefficient (Wildman–Crippen LogP) is 0.186. The van der Waals surface area contributed by atoms with Crippen LogP contribution in [0.2, 0.25) is 0 Å². The van der Waals surface area contributed by atoms with E-state index in [2.05, 4.69) is 15.0 Å². The van der Waals surface area contributed by atoms with Crippen LogP contribution < -0.4 is 17.2 Å². The summed E-state index contributed by atoms with van der Waals surface area (Å²) < 4.78 is 21.7. The number of nitrogen functional groups attached to an aromatic ring is 3. The molecule has 0 aliphatic carbocycles. The van der Waals surface area contributed by atoms with Gasteiger partial charge in [-0.25, -0.2) is 0 Å². The van der Waals surface area contributed by atoms with Crippen LogP contribution in [0.3, 0.4) is 0 Å². The third-order valence-electron chi connectivity index (χ3n) is 1.97. The van der Waals surface area contributed by atoms with Crippen LogP contribution in [0.25, 0.3) is 0 Å². The lowest BCUT2D eigenvalue weighted by Gasteiger charge is -2.26. The Hall–Kier alpha value is -1.53. The summed E-state index contributed by atoms with van der Waals surface area (Å²) in [5.74, 6) is 0.125. The van der Waals surface area contributed by atoms with Crippen LogP contribution in [-0.4, -0.2) is 50.4 Å². The number of rotatable bonds is 8. The molecule has 0 spiro atoms. The maximum absolute atomic E-state index is 5.42. The highest BCUT2D eigenvalue weighted by molar-refractivity contribution is 6.53. The summed E-state index contributed by atoms with van der Waals surface area (Å²) in [6.45, 7) is 9.80. The highest BCUT2D eigenvalue weighted by Gasteiger charge is 2.44. The van der Waals surface area contributed by atoms with Crippen LogP contribution in [0.1, 0.15) is 27.7 Å². The van der Waals surface area contributed by atoms with Gasteiger partial charge in [-0.15, -0.1) is 0 Å². The molecule has 0 fully saturated rings. The van der Waals surface area contributed by atoms with Gasteiger partial charge in [-0.2, -0.15) is 15.0 Å². The van der Waals surface area contributed by atoms with Gasteiger partial charge in [0.25, 0.3) is 0 Å². The summed E-state index contributed by atoms with van der Waals surface area (Å²) in [5, 5.41) is 0. The maximum Gasteiger partial charge on any atom is 0.679 e. The van der Waals surface area contributed by atoms with Crippen molar-refractivity contribution >= 4 is 26.9 Å². The molecule has 0 bridgehead atoms. The fraction of sp³-hybridized carbons (Fsp3) is 0.727. The lowest BCUT2D eigenvalue weighted by atomic mass is 10.9. The first-order valence-corrected chi connectivity index (χ1v) is 8.64. The second-order valence-corrected chi connectivity index (χ2v) is 5.80. The molecule has 0 aliphatic heterocycles. The summed E-state index contributed by atoms with van der Waals surface area (Å²) in [6, 6.07) is 0. The van der Waals surface area contributed by atoms with Crippen LogP contribution in [-0.2, 0) is 17.7 Å². The third-order valence-corrected chi connectivity index (χ3v) is 4.54.